The summed E-state index contributed by atoms with van der Waals surface area (Å²) in [6.07, 6.45) is 4.37. The molecule has 24 heavy (non-hydrogen) atoms. The molecular formula is C19H25N3OS. The van der Waals surface area contributed by atoms with Gasteiger partial charge in [-0.05, 0) is 50.7 Å². The van der Waals surface area contributed by atoms with Crippen LogP contribution in [-0.2, 0) is 10.5 Å². The quantitative estimate of drug-likeness (QED) is 0.813. The Morgan fingerprint density at radius 3 is 2.79 bits per heavy atom. The Morgan fingerprint density at radius 1 is 1.33 bits per heavy atom. The molecule has 1 aromatic heterocycles. The van der Waals surface area contributed by atoms with E-state index >= 15 is 0 Å². The number of benzene rings is 1. The highest BCUT2D eigenvalue weighted by atomic mass is 32.2. The van der Waals surface area contributed by atoms with Crippen LogP contribution in [0, 0.1) is 19.8 Å². The molecule has 1 aliphatic carbocycles. The predicted octanol–water partition coefficient (Wildman–Crippen LogP) is 4.34. The number of thioether (sulfide) groups is 1. The number of amides is 1. The van der Waals surface area contributed by atoms with Gasteiger partial charge in [0, 0.05) is 11.3 Å². The van der Waals surface area contributed by atoms with Crippen LogP contribution >= 0.6 is 11.8 Å². The molecule has 0 bridgehead atoms. The molecule has 0 aliphatic heterocycles. The largest absolute Gasteiger partial charge is 0.310 e. The number of hydrogen-bond donors (Lipinski definition) is 1. The van der Waals surface area contributed by atoms with Crippen LogP contribution < -0.4 is 5.32 Å². The molecular weight excluding hydrogens is 318 g/mol. The fourth-order valence-electron chi connectivity index (χ4n) is 2.89. The van der Waals surface area contributed by atoms with Gasteiger partial charge >= 0.3 is 0 Å². The van der Waals surface area contributed by atoms with Gasteiger partial charge in [-0.1, -0.05) is 24.3 Å². The summed E-state index contributed by atoms with van der Waals surface area (Å²) < 4.78 is 1.98. The summed E-state index contributed by atoms with van der Waals surface area (Å²) in [4.78, 5) is 12.3. The molecule has 1 amide bonds. The molecule has 0 saturated heterocycles. The van der Waals surface area contributed by atoms with E-state index in [-0.39, 0.29) is 5.91 Å². The van der Waals surface area contributed by atoms with Crippen molar-refractivity contribution in [3.05, 3.63) is 47.2 Å². The lowest BCUT2D eigenvalue weighted by atomic mass is 10.1. The second kappa shape index (κ2) is 7.43. The Morgan fingerprint density at radius 2 is 2.08 bits per heavy atom. The minimum atomic E-state index is 0.0430. The Labute approximate surface area is 148 Å². The van der Waals surface area contributed by atoms with E-state index in [0.29, 0.717) is 17.7 Å². The Hall–Kier alpha value is -1.75. The van der Waals surface area contributed by atoms with Crippen molar-refractivity contribution < 1.29 is 4.79 Å². The number of carbonyl (C=O) groups excluding carboxylic acids is 1. The average molecular weight is 343 g/mol. The molecule has 4 nitrogen and oxygen atoms in total. The summed E-state index contributed by atoms with van der Waals surface area (Å²) in [5.41, 5.74) is 3.59. The first-order valence-corrected chi connectivity index (χ1v) is 9.68. The van der Waals surface area contributed by atoms with Crippen molar-refractivity contribution >= 4 is 23.5 Å². The second-order valence-corrected chi connectivity index (χ2v) is 7.65. The molecule has 0 spiro atoms. The van der Waals surface area contributed by atoms with Crippen LogP contribution in [-0.4, -0.2) is 21.4 Å². The molecule has 1 aliphatic rings. The summed E-state index contributed by atoms with van der Waals surface area (Å²) in [6, 6.07) is 8.67. The summed E-state index contributed by atoms with van der Waals surface area (Å²) in [7, 11) is 0. The summed E-state index contributed by atoms with van der Waals surface area (Å²) >= 11 is 1.65. The molecule has 1 aromatic carbocycles. The number of rotatable bonds is 7. The van der Waals surface area contributed by atoms with Crippen molar-refractivity contribution in [3.63, 3.8) is 0 Å². The Bertz CT molecular complexity index is 721. The van der Waals surface area contributed by atoms with Crippen molar-refractivity contribution in [1.29, 1.82) is 0 Å². The number of aromatic nitrogens is 2. The van der Waals surface area contributed by atoms with Gasteiger partial charge in [-0.25, -0.2) is 4.68 Å². The fraction of sp³-hybridized carbons (Fsp3) is 0.474. The van der Waals surface area contributed by atoms with Crippen molar-refractivity contribution in [2.24, 2.45) is 5.92 Å². The van der Waals surface area contributed by atoms with Gasteiger partial charge in [0.15, 0.2) is 0 Å². The third-order valence-electron chi connectivity index (χ3n) is 4.68. The highest BCUT2D eigenvalue weighted by molar-refractivity contribution is 7.99. The number of nitrogens with zero attached hydrogens (tertiary/aromatic N) is 2. The molecule has 3 rings (SSSR count). The first-order chi connectivity index (χ1) is 11.6. The minimum absolute atomic E-state index is 0.0430. The van der Waals surface area contributed by atoms with Crippen LogP contribution in [0.5, 0.6) is 0 Å². The van der Waals surface area contributed by atoms with E-state index in [9.17, 15) is 4.79 Å². The zero-order chi connectivity index (χ0) is 17.1. The molecule has 1 atom stereocenters. The standard InChI is InChI=1S/C19H25N3OS/c1-13-6-4-5-7-17(13)11-24-12-18(23)21-19-14(2)10-20-22(19)15(3)16-8-9-16/h4-7,10,15-16H,8-9,11-12H2,1-3H3,(H,21,23). The van der Waals surface area contributed by atoms with Crippen LogP contribution in [0.1, 0.15) is 42.5 Å². The van der Waals surface area contributed by atoms with E-state index in [1.807, 2.05) is 29.9 Å². The van der Waals surface area contributed by atoms with E-state index in [2.05, 4.69) is 36.4 Å². The lowest BCUT2D eigenvalue weighted by molar-refractivity contribution is -0.113. The summed E-state index contributed by atoms with van der Waals surface area (Å²) in [5.74, 6) is 2.92. The van der Waals surface area contributed by atoms with Gasteiger partial charge in [0.2, 0.25) is 5.91 Å². The lowest BCUT2D eigenvalue weighted by Crippen LogP contribution is -2.20. The third kappa shape index (κ3) is 4.01. The average Bonchev–Trinajstić information content (AvgIpc) is 3.35. The van der Waals surface area contributed by atoms with E-state index in [1.165, 1.54) is 24.0 Å². The van der Waals surface area contributed by atoms with Crippen LogP contribution in [0.15, 0.2) is 30.5 Å². The number of anilines is 1. The van der Waals surface area contributed by atoms with Crippen LogP contribution in [0.25, 0.3) is 0 Å². The smallest absolute Gasteiger partial charge is 0.235 e. The van der Waals surface area contributed by atoms with Gasteiger partial charge in [-0.15, -0.1) is 11.8 Å². The van der Waals surface area contributed by atoms with E-state index < -0.39 is 0 Å². The maximum Gasteiger partial charge on any atom is 0.235 e. The lowest BCUT2D eigenvalue weighted by Gasteiger charge is -2.16. The third-order valence-corrected chi connectivity index (χ3v) is 5.66. The molecule has 0 radical (unpaired) electrons. The number of hydrogen-bond acceptors (Lipinski definition) is 3. The van der Waals surface area contributed by atoms with Crippen molar-refractivity contribution in [3.8, 4) is 0 Å². The fourth-order valence-corrected chi connectivity index (χ4v) is 3.79. The summed E-state index contributed by atoms with van der Waals surface area (Å²) in [6.45, 7) is 6.29. The molecule has 1 N–H and O–H groups in total. The van der Waals surface area contributed by atoms with Crippen molar-refractivity contribution in [1.82, 2.24) is 9.78 Å². The van der Waals surface area contributed by atoms with Crippen LogP contribution in [0.3, 0.4) is 0 Å². The summed E-state index contributed by atoms with van der Waals surface area (Å²) in [5, 5.41) is 7.53. The SMILES string of the molecule is Cc1ccccc1CSCC(=O)Nc1c(C)cnn1C(C)C1CC1. The molecule has 128 valence electrons. The molecule has 2 aromatic rings. The molecule has 5 heteroatoms. The number of nitrogens with one attached hydrogen (secondary N) is 1. The maximum atomic E-state index is 12.3. The van der Waals surface area contributed by atoms with Crippen LogP contribution in [0.2, 0.25) is 0 Å². The first-order valence-electron chi connectivity index (χ1n) is 8.52. The van der Waals surface area contributed by atoms with Gasteiger partial charge in [0.1, 0.15) is 5.82 Å². The van der Waals surface area contributed by atoms with Gasteiger partial charge < -0.3 is 5.32 Å². The Balaban J connectivity index is 1.55. The van der Waals surface area contributed by atoms with Gasteiger partial charge in [0.25, 0.3) is 0 Å². The monoisotopic (exact) mass is 343 g/mol. The van der Waals surface area contributed by atoms with Gasteiger partial charge in [-0.2, -0.15) is 5.10 Å². The highest BCUT2D eigenvalue weighted by Crippen LogP contribution is 2.40. The normalized spacial score (nSPS) is 15.3. The second-order valence-electron chi connectivity index (χ2n) is 6.67. The Kier molecular flexibility index (Phi) is 5.29. The zero-order valence-electron chi connectivity index (χ0n) is 14.6. The molecule has 1 heterocycles. The topological polar surface area (TPSA) is 46.9 Å². The van der Waals surface area contributed by atoms with E-state index in [4.69, 9.17) is 0 Å². The predicted molar refractivity (Wildman–Crippen MR) is 100 cm³/mol. The number of carbonyl (C=O) groups is 1. The van der Waals surface area contributed by atoms with Crippen LogP contribution in [0.4, 0.5) is 5.82 Å². The van der Waals surface area contributed by atoms with Crippen molar-refractivity contribution in [2.75, 3.05) is 11.1 Å². The van der Waals surface area contributed by atoms with E-state index in [0.717, 1.165) is 17.1 Å². The number of aryl methyl sites for hydroxylation is 2. The maximum absolute atomic E-state index is 12.3. The van der Waals surface area contributed by atoms with E-state index in [1.54, 1.807) is 11.8 Å². The first kappa shape index (κ1) is 17.1. The molecule has 1 fully saturated rings. The molecule has 1 unspecified atom stereocenters. The van der Waals surface area contributed by atoms with Crippen molar-refractivity contribution in [2.45, 2.75) is 45.4 Å². The molecule has 1 saturated carbocycles. The van der Waals surface area contributed by atoms with Gasteiger partial charge in [0.05, 0.1) is 18.0 Å². The minimum Gasteiger partial charge on any atom is -0.310 e. The van der Waals surface area contributed by atoms with Gasteiger partial charge in [-0.3, -0.25) is 4.79 Å². The zero-order valence-corrected chi connectivity index (χ0v) is 15.4. The highest BCUT2D eigenvalue weighted by Gasteiger charge is 2.31.